The Morgan fingerprint density at radius 3 is 2.79 bits per heavy atom. The molecule has 0 radical (unpaired) electrons. The number of ether oxygens (including phenoxy) is 1. The molecule has 1 N–H and O–H groups in total. The molecule has 0 aliphatic rings. The first-order valence-electron chi connectivity index (χ1n) is 5.75. The van der Waals surface area contributed by atoms with Crippen molar-refractivity contribution < 1.29 is 9.53 Å². The normalized spacial score (nSPS) is 10.0. The summed E-state index contributed by atoms with van der Waals surface area (Å²) in [6, 6.07) is 11.1. The minimum Gasteiger partial charge on any atom is -0.482 e. The van der Waals surface area contributed by atoms with Gasteiger partial charge in [0, 0.05) is 5.69 Å². The van der Waals surface area contributed by atoms with Crippen molar-refractivity contribution in [1.29, 1.82) is 0 Å². The number of benzene rings is 1. The number of carbonyl (C=O) groups is 1. The minimum atomic E-state index is -0.197. The molecule has 0 spiro atoms. The van der Waals surface area contributed by atoms with Crippen molar-refractivity contribution in [1.82, 2.24) is 4.98 Å². The summed E-state index contributed by atoms with van der Waals surface area (Å²) in [4.78, 5) is 15.8. The quantitative estimate of drug-likeness (QED) is 0.880. The zero-order chi connectivity index (χ0) is 13.7. The third kappa shape index (κ3) is 4.06. The highest BCUT2D eigenvalue weighted by Gasteiger charge is 2.05. The molecule has 1 aromatic heterocycles. The van der Waals surface area contributed by atoms with Crippen molar-refractivity contribution in [2.75, 3.05) is 11.9 Å². The predicted octanol–water partition coefficient (Wildman–Crippen LogP) is 3.17. The average Bonchev–Trinajstić information content (AvgIpc) is 2.41. The van der Waals surface area contributed by atoms with Crippen molar-refractivity contribution in [2.45, 2.75) is 6.92 Å². The van der Waals surface area contributed by atoms with Crippen molar-refractivity contribution in [3.63, 3.8) is 0 Å². The van der Waals surface area contributed by atoms with Crippen molar-refractivity contribution in [3.8, 4) is 5.75 Å². The second-order valence-electron chi connectivity index (χ2n) is 3.97. The first kappa shape index (κ1) is 13.5. The Morgan fingerprint density at radius 2 is 2.11 bits per heavy atom. The Bertz CT molecular complexity index is 570. The lowest BCUT2D eigenvalue weighted by molar-refractivity contribution is -0.118. The number of amides is 1. The molecule has 0 aliphatic carbocycles. The van der Waals surface area contributed by atoms with Gasteiger partial charge in [0.15, 0.2) is 6.61 Å². The SMILES string of the molecule is Cc1ccccc1NC(=O)COc1ccc(Br)nc1. The molecule has 1 heterocycles. The van der Waals surface area contributed by atoms with E-state index in [4.69, 9.17) is 4.74 Å². The van der Waals surface area contributed by atoms with E-state index in [0.717, 1.165) is 15.9 Å². The van der Waals surface area contributed by atoms with Gasteiger partial charge in [-0.1, -0.05) is 18.2 Å². The fraction of sp³-hybridized carbons (Fsp3) is 0.143. The molecule has 2 aromatic rings. The van der Waals surface area contributed by atoms with Crippen LogP contribution in [0.4, 0.5) is 5.69 Å². The topological polar surface area (TPSA) is 51.2 Å². The fourth-order valence-electron chi connectivity index (χ4n) is 1.50. The number of aromatic nitrogens is 1. The van der Waals surface area contributed by atoms with Crippen LogP contribution < -0.4 is 10.1 Å². The van der Waals surface area contributed by atoms with Gasteiger partial charge in [-0.15, -0.1) is 0 Å². The second-order valence-corrected chi connectivity index (χ2v) is 4.78. The largest absolute Gasteiger partial charge is 0.482 e. The summed E-state index contributed by atoms with van der Waals surface area (Å²) in [6.45, 7) is 1.90. The van der Waals surface area contributed by atoms with Gasteiger partial charge in [-0.25, -0.2) is 4.98 Å². The molecular formula is C14H13BrN2O2. The van der Waals surface area contributed by atoms with Gasteiger partial charge in [0.25, 0.3) is 5.91 Å². The second kappa shape index (κ2) is 6.33. The number of anilines is 1. The van der Waals surface area contributed by atoms with Crippen LogP contribution in [0.1, 0.15) is 5.56 Å². The van der Waals surface area contributed by atoms with Crippen LogP contribution >= 0.6 is 15.9 Å². The molecule has 0 unspecified atom stereocenters. The Labute approximate surface area is 119 Å². The highest BCUT2D eigenvalue weighted by atomic mass is 79.9. The molecule has 0 bridgehead atoms. The standard InChI is InChI=1S/C14H13BrN2O2/c1-10-4-2-3-5-12(10)17-14(18)9-19-11-6-7-13(15)16-8-11/h2-8H,9H2,1H3,(H,17,18). The number of carbonyl (C=O) groups excluding carboxylic acids is 1. The van der Waals surface area contributed by atoms with Gasteiger partial charge in [0.05, 0.1) is 6.20 Å². The Hall–Kier alpha value is -1.88. The van der Waals surface area contributed by atoms with E-state index in [2.05, 4.69) is 26.2 Å². The van der Waals surface area contributed by atoms with E-state index in [-0.39, 0.29) is 12.5 Å². The van der Waals surface area contributed by atoms with Crippen molar-refractivity contribution in [3.05, 3.63) is 52.8 Å². The van der Waals surface area contributed by atoms with Crippen LogP contribution in [0.3, 0.4) is 0 Å². The molecule has 0 aliphatic heterocycles. The van der Waals surface area contributed by atoms with E-state index in [9.17, 15) is 4.79 Å². The third-order valence-electron chi connectivity index (χ3n) is 2.49. The van der Waals surface area contributed by atoms with Crippen LogP contribution in [0.2, 0.25) is 0 Å². The van der Waals surface area contributed by atoms with Crippen LogP contribution in [-0.4, -0.2) is 17.5 Å². The number of pyridine rings is 1. The summed E-state index contributed by atoms with van der Waals surface area (Å²) in [5.74, 6) is 0.361. The molecule has 19 heavy (non-hydrogen) atoms. The Morgan fingerprint density at radius 1 is 1.32 bits per heavy atom. The van der Waals surface area contributed by atoms with Gasteiger partial charge < -0.3 is 10.1 Å². The molecule has 0 atom stereocenters. The Balaban J connectivity index is 1.88. The van der Waals surface area contributed by atoms with E-state index in [1.54, 1.807) is 18.3 Å². The zero-order valence-electron chi connectivity index (χ0n) is 10.4. The zero-order valence-corrected chi connectivity index (χ0v) is 12.0. The summed E-state index contributed by atoms with van der Waals surface area (Å²) in [5, 5.41) is 2.80. The molecule has 2 rings (SSSR count). The summed E-state index contributed by atoms with van der Waals surface area (Å²) >= 11 is 3.23. The van der Waals surface area contributed by atoms with Crippen LogP contribution in [-0.2, 0) is 4.79 Å². The lowest BCUT2D eigenvalue weighted by atomic mass is 10.2. The number of nitrogens with zero attached hydrogens (tertiary/aromatic N) is 1. The smallest absolute Gasteiger partial charge is 0.262 e. The summed E-state index contributed by atoms with van der Waals surface area (Å²) in [7, 11) is 0. The van der Waals surface area contributed by atoms with Crippen LogP contribution in [0, 0.1) is 6.92 Å². The minimum absolute atomic E-state index is 0.0440. The van der Waals surface area contributed by atoms with E-state index in [1.807, 2.05) is 31.2 Å². The van der Waals surface area contributed by atoms with E-state index >= 15 is 0 Å². The number of aryl methyl sites for hydroxylation is 1. The molecule has 0 saturated carbocycles. The maximum absolute atomic E-state index is 11.7. The number of para-hydroxylation sites is 1. The summed E-state index contributed by atoms with van der Waals surface area (Å²) in [6.07, 6.45) is 1.56. The van der Waals surface area contributed by atoms with E-state index < -0.39 is 0 Å². The van der Waals surface area contributed by atoms with Gasteiger partial charge in [-0.2, -0.15) is 0 Å². The van der Waals surface area contributed by atoms with Crippen LogP contribution in [0.15, 0.2) is 47.2 Å². The lowest BCUT2D eigenvalue weighted by Gasteiger charge is -2.09. The first-order chi connectivity index (χ1) is 9.15. The maximum Gasteiger partial charge on any atom is 0.262 e. The summed E-state index contributed by atoms with van der Waals surface area (Å²) < 4.78 is 6.07. The molecular weight excluding hydrogens is 308 g/mol. The predicted molar refractivity (Wildman–Crippen MR) is 77.2 cm³/mol. The maximum atomic E-state index is 11.7. The number of rotatable bonds is 4. The average molecular weight is 321 g/mol. The first-order valence-corrected chi connectivity index (χ1v) is 6.54. The molecule has 1 aromatic carbocycles. The molecule has 5 heteroatoms. The van der Waals surface area contributed by atoms with Gasteiger partial charge in [0.2, 0.25) is 0 Å². The number of halogens is 1. The molecule has 1 amide bonds. The molecule has 0 fully saturated rings. The van der Waals surface area contributed by atoms with Crippen LogP contribution in [0.5, 0.6) is 5.75 Å². The van der Waals surface area contributed by atoms with Gasteiger partial charge in [-0.3, -0.25) is 4.79 Å². The molecule has 0 saturated heterocycles. The highest BCUT2D eigenvalue weighted by Crippen LogP contribution is 2.14. The number of hydrogen-bond donors (Lipinski definition) is 1. The van der Waals surface area contributed by atoms with Gasteiger partial charge in [-0.05, 0) is 46.6 Å². The van der Waals surface area contributed by atoms with Gasteiger partial charge in [0.1, 0.15) is 10.4 Å². The van der Waals surface area contributed by atoms with E-state index in [0.29, 0.717) is 5.75 Å². The Kier molecular flexibility index (Phi) is 4.52. The van der Waals surface area contributed by atoms with Gasteiger partial charge >= 0.3 is 0 Å². The molecule has 4 nitrogen and oxygen atoms in total. The summed E-state index contributed by atoms with van der Waals surface area (Å²) in [5.41, 5.74) is 1.81. The van der Waals surface area contributed by atoms with Crippen LogP contribution in [0.25, 0.3) is 0 Å². The van der Waals surface area contributed by atoms with Crippen molar-refractivity contribution in [2.24, 2.45) is 0 Å². The lowest BCUT2D eigenvalue weighted by Crippen LogP contribution is -2.20. The monoisotopic (exact) mass is 320 g/mol. The van der Waals surface area contributed by atoms with Crippen molar-refractivity contribution >= 4 is 27.5 Å². The number of hydrogen-bond acceptors (Lipinski definition) is 3. The number of nitrogens with one attached hydrogen (secondary N) is 1. The fourth-order valence-corrected chi connectivity index (χ4v) is 1.73. The third-order valence-corrected chi connectivity index (χ3v) is 2.96. The van der Waals surface area contributed by atoms with E-state index in [1.165, 1.54) is 0 Å². The molecule has 98 valence electrons. The highest BCUT2D eigenvalue weighted by molar-refractivity contribution is 9.10.